The SMILES string of the molecule is CC(=CCN1CCCS1(=O)=O)C(=O)O. The molecule has 1 fully saturated rings. The van der Waals surface area contributed by atoms with E-state index in [2.05, 4.69) is 0 Å². The molecule has 1 saturated heterocycles. The summed E-state index contributed by atoms with van der Waals surface area (Å²) in [5, 5.41) is 8.55. The third-order valence-electron chi connectivity index (χ3n) is 2.14. The van der Waals surface area contributed by atoms with Gasteiger partial charge in [0.2, 0.25) is 10.0 Å². The molecule has 1 heterocycles. The molecule has 0 amide bonds. The lowest BCUT2D eigenvalue weighted by molar-refractivity contribution is -0.132. The number of sulfonamides is 1. The van der Waals surface area contributed by atoms with Crippen LogP contribution >= 0.6 is 0 Å². The summed E-state index contributed by atoms with van der Waals surface area (Å²) in [4.78, 5) is 10.4. The lowest BCUT2D eigenvalue weighted by Crippen LogP contribution is -2.26. The third kappa shape index (κ3) is 2.55. The fourth-order valence-corrected chi connectivity index (χ4v) is 2.68. The summed E-state index contributed by atoms with van der Waals surface area (Å²) in [5.41, 5.74) is 0.173. The summed E-state index contributed by atoms with van der Waals surface area (Å²) in [6.45, 7) is 2.11. The van der Waals surface area contributed by atoms with Gasteiger partial charge in [0.25, 0.3) is 0 Å². The smallest absolute Gasteiger partial charge is 0.330 e. The van der Waals surface area contributed by atoms with Gasteiger partial charge in [-0.1, -0.05) is 6.08 Å². The highest BCUT2D eigenvalue weighted by atomic mass is 32.2. The predicted octanol–water partition coefficient (Wildman–Crippen LogP) is 0.0528. The van der Waals surface area contributed by atoms with Crippen LogP contribution in [0, 0.1) is 0 Å². The lowest BCUT2D eigenvalue weighted by Gasteiger charge is -2.10. The van der Waals surface area contributed by atoms with Crippen LogP contribution in [0.25, 0.3) is 0 Å². The van der Waals surface area contributed by atoms with E-state index in [0.29, 0.717) is 13.0 Å². The van der Waals surface area contributed by atoms with E-state index in [1.807, 2.05) is 0 Å². The minimum atomic E-state index is -3.11. The van der Waals surface area contributed by atoms with Crippen LogP contribution in [0.1, 0.15) is 13.3 Å². The van der Waals surface area contributed by atoms with E-state index in [-0.39, 0.29) is 17.9 Å². The normalized spacial score (nSPS) is 22.5. The highest BCUT2D eigenvalue weighted by molar-refractivity contribution is 7.89. The van der Waals surface area contributed by atoms with Crippen molar-refractivity contribution in [2.45, 2.75) is 13.3 Å². The van der Waals surface area contributed by atoms with Crippen molar-refractivity contribution in [1.29, 1.82) is 0 Å². The largest absolute Gasteiger partial charge is 0.478 e. The molecule has 0 saturated carbocycles. The number of carbonyl (C=O) groups is 1. The molecule has 0 radical (unpaired) electrons. The van der Waals surface area contributed by atoms with E-state index in [9.17, 15) is 13.2 Å². The van der Waals surface area contributed by atoms with Crippen LogP contribution in [0.15, 0.2) is 11.6 Å². The monoisotopic (exact) mass is 219 g/mol. The predicted molar refractivity (Wildman–Crippen MR) is 51.4 cm³/mol. The van der Waals surface area contributed by atoms with Crippen molar-refractivity contribution in [3.05, 3.63) is 11.6 Å². The average Bonchev–Trinajstić information content (AvgIpc) is 2.40. The topological polar surface area (TPSA) is 74.7 Å². The van der Waals surface area contributed by atoms with Crippen molar-refractivity contribution in [2.24, 2.45) is 0 Å². The van der Waals surface area contributed by atoms with E-state index in [1.165, 1.54) is 17.3 Å². The van der Waals surface area contributed by atoms with E-state index in [4.69, 9.17) is 5.11 Å². The number of carboxylic acid groups (broad SMARTS) is 1. The summed E-state index contributed by atoms with van der Waals surface area (Å²) in [6, 6.07) is 0. The molecule has 0 aromatic rings. The fourth-order valence-electron chi connectivity index (χ4n) is 1.22. The Morgan fingerprint density at radius 3 is 2.64 bits per heavy atom. The number of aliphatic carboxylic acids is 1. The van der Waals surface area contributed by atoms with E-state index < -0.39 is 16.0 Å². The molecule has 1 aliphatic heterocycles. The van der Waals surface area contributed by atoms with Gasteiger partial charge in [-0.2, -0.15) is 4.31 Å². The molecule has 1 N–H and O–H groups in total. The first-order chi connectivity index (χ1) is 6.43. The molecule has 80 valence electrons. The Morgan fingerprint density at radius 1 is 1.57 bits per heavy atom. The first-order valence-electron chi connectivity index (χ1n) is 4.31. The van der Waals surface area contributed by atoms with E-state index in [0.717, 1.165) is 0 Å². The van der Waals surface area contributed by atoms with Crippen LogP contribution in [0.5, 0.6) is 0 Å². The Balaban J connectivity index is 2.63. The second kappa shape index (κ2) is 4.10. The zero-order chi connectivity index (χ0) is 10.8. The average molecular weight is 219 g/mol. The third-order valence-corrected chi connectivity index (χ3v) is 4.06. The van der Waals surface area contributed by atoms with Crippen molar-refractivity contribution in [2.75, 3.05) is 18.8 Å². The molecule has 1 aliphatic rings. The lowest BCUT2D eigenvalue weighted by atomic mass is 10.3. The first-order valence-corrected chi connectivity index (χ1v) is 5.92. The van der Waals surface area contributed by atoms with Gasteiger partial charge in [-0.25, -0.2) is 13.2 Å². The fraction of sp³-hybridized carbons (Fsp3) is 0.625. The second-order valence-electron chi connectivity index (χ2n) is 3.22. The zero-order valence-electron chi connectivity index (χ0n) is 7.93. The quantitative estimate of drug-likeness (QED) is 0.681. The van der Waals surface area contributed by atoms with Gasteiger partial charge < -0.3 is 5.11 Å². The van der Waals surface area contributed by atoms with Crippen molar-refractivity contribution in [3.63, 3.8) is 0 Å². The van der Waals surface area contributed by atoms with Gasteiger partial charge in [0.1, 0.15) is 0 Å². The van der Waals surface area contributed by atoms with Crippen LogP contribution in [-0.4, -0.2) is 42.6 Å². The Bertz CT molecular complexity index is 358. The summed E-state index contributed by atoms with van der Waals surface area (Å²) < 4.78 is 23.9. The van der Waals surface area contributed by atoms with Gasteiger partial charge in [0, 0.05) is 18.7 Å². The van der Waals surface area contributed by atoms with Crippen molar-refractivity contribution < 1.29 is 18.3 Å². The van der Waals surface area contributed by atoms with E-state index >= 15 is 0 Å². The molecular formula is C8H13NO4S. The molecule has 0 aromatic carbocycles. The molecule has 0 spiro atoms. The van der Waals surface area contributed by atoms with Gasteiger partial charge >= 0.3 is 5.97 Å². The number of rotatable bonds is 3. The molecular weight excluding hydrogens is 206 g/mol. The van der Waals surface area contributed by atoms with Gasteiger partial charge in [-0.3, -0.25) is 0 Å². The number of hydrogen-bond acceptors (Lipinski definition) is 3. The maximum absolute atomic E-state index is 11.3. The van der Waals surface area contributed by atoms with Crippen LogP contribution in [0.2, 0.25) is 0 Å². The van der Waals surface area contributed by atoms with Crippen molar-refractivity contribution >= 4 is 16.0 Å². The van der Waals surface area contributed by atoms with Gasteiger partial charge in [0.15, 0.2) is 0 Å². The molecule has 0 aliphatic carbocycles. The maximum Gasteiger partial charge on any atom is 0.330 e. The Morgan fingerprint density at radius 2 is 2.21 bits per heavy atom. The first kappa shape index (κ1) is 11.2. The molecule has 0 unspecified atom stereocenters. The standard InChI is InChI=1S/C8H13NO4S/c1-7(8(10)11)3-5-9-4-2-6-14(9,12)13/h3H,2,4-6H2,1H3,(H,10,11). The van der Waals surface area contributed by atoms with Crippen LogP contribution in [-0.2, 0) is 14.8 Å². The molecule has 6 heteroatoms. The number of nitrogens with zero attached hydrogens (tertiary/aromatic N) is 1. The summed E-state index contributed by atoms with van der Waals surface area (Å²) in [7, 11) is -3.11. The minimum absolute atomic E-state index is 0.167. The molecule has 5 nitrogen and oxygen atoms in total. The summed E-state index contributed by atoms with van der Waals surface area (Å²) >= 11 is 0. The Hall–Kier alpha value is -0.880. The highest BCUT2D eigenvalue weighted by Crippen LogP contribution is 2.13. The molecule has 1 rings (SSSR count). The molecule has 14 heavy (non-hydrogen) atoms. The zero-order valence-corrected chi connectivity index (χ0v) is 8.75. The Kier molecular flexibility index (Phi) is 3.28. The highest BCUT2D eigenvalue weighted by Gasteiger charge is 2.26. The van der Waals surface area contributed by atoms with Crippen LogP contribution in [0.4, 0.5) is 0 Å². The maximum atomic E-state index is 11.3. The van der Waals surface area contributed by atoms with Crippen molar-refractivity contribution in [1.82, 2.24) is 4.31 Å². The summed E-state index contributed by atoms with van der Waals surface area (Å²) in [6.07, 6.45) is 2.05. The van der Waals surface area contributed by atoms with Crippen LogP contribution in [0.3, 0.4) is 0 Å². The Labute approximate surface area is 83.1 Å². The molecule has 0 aromatic heterocycles. The van der Waals surface area contributed by atoms with Crippen LogP contribution < -0.4 is 0 Å². The van der Waals surface area contributed by atoms with E-state index in [1.54, 1.807) is 0 Å². The van der Waals surface area contributed by atoms with Gasteiger partial charge in [-0.05, 0) is 13.3 Å². The second-order valence-corrected chi connectivity index (χ2v) is 5.31. The number of hydrogen-bond donors (Lipinski definition) is 1. The molecule has 0 atom stereocenters. The minimum Gasteiger partial charge on any atom is -0.478 e. The summed E-state index contributed by atoms with van der Waals surface area (Å²) in [5.74, 6) is -0.839. The van der Waals surface area contributed by atoms with Gasteiger partial charge in [0.05, 0.1) is 5.75 Å². The number of carboxylic acids is 1. The van der Waals surface area contributed by atoms with Crippen molar-refractivity contribution in [3.8, 4) is 0 Å². The molecule has 0 bridgehead atoms. The van der Waals surface area contributed by atoms with Gasteiger partial charge in [-0.15, -0.1) is 0 Å².